The molecule has 1 aromatic carbocycles. The molecule has 1 aromatic heterocycles. The van der Waals surface area contributed by atoms with E-state index in [1.54, 1.807) is 18.2 Å². The molecule has 124 valence electrons. The van der Waals surface area contributed by atoms with Gasteiger partial charge in [-0.25, -0.2) is 4.79 Å². The molecule has 1 heterocycles. The van der Waals surface area contributed by atoms with Crippen LogP contribution in [0.4, 0.5) is 0 Å². The van der Waals surface area contributed by atoms with Crippen LogP contribution in [0.25, 0.3) is 17.0 Å². The molecule has 0 saturated heterocycles. The second-order valence-electron chi connectivity index (χ2n) is 6.45. The maximum Gasteiger partial charge on any atom is 0.335 e. The first kappa shape index (κ1) is 16.2. The van der Waals surface area contributed by atoms with Crippen molar-refractivity contribution in [2.24, 2.45) is 11.8 Å². The van der Waals surface area contributed by atoms with E-state index in [0.29, 0.717) is 29.1 Å². The normalized spacial score (nSPS) is 17.1. The molecule has 1 unspecified atom stereocenters. The van der Waals surface area contributed by atoms with Crippen LogP contribution in [0.15, 0.2) is 47.0 Å². The molecule has 0 aliphatic heterocycles. The zero-order chi connectivity index (χ0) is 17.1. The molecule has 1 aliphatic rings. The van der Waals surface area contributed by atoms with E-state index in [9.17, 15) is 4.79 Å². The summed E-state index contributed by atoms with van der Waals surface area (Å²) < 4.78 is 5.35. The Morgan fingerprint density at radius 1 is 1.42 bits per heavy atom. The molecular formula is C19H20N2O3. The highest BCUT2D eigenvalue weighted by atomic mass is 16.5. The van der Waals surface area contributed by atoms with Crippen molar-refractivity contribution in [2.75, 3.05) is 0 Å². The molecule has 1 aliphatic carbocycles. The van der Waals surface area contributed by atoms with Gasteiger partial charge >= 0.3 is 5.97 Å². The lowest BCUT2D eigenvalue weighted by molar-refractivity contribution is 0.0697. The summed E-state index contributed by atoms with van der Waals surface area (Å²) in [6.45, 7) is 4.45. The number of allylic oxidation sites excluding steroid dienone is 4. The van der Waals surface area contributed by atoms with Gasteiger partial charge in [0, 0.05) is 11.1 Å². The third kappa shape index (κ3) is 3.62. The van der Waals surface area contributed by atoms with Crippen molar-refractivity contribution in [1.29, 1.82) is 0 Å². The Balaban J connectivity index is 1.77. The first-order valence-electron chi connectivity index (χ1n) is 8.09. The van der Waals surface area contributed by atoms with Crippen LogP contribution in [0.5, 0.6) is 0 Å². The minimum Gasteiger partial charge on any atom is -0.478 e. The second-order valence-corrected chi connectivity index (χ2v) is 6.45. The molecule has 0 amide bonds. The molecule has 5 nitrogen and oxygen atoms in total. The Bertz CT molecular complexity index is 802. The van der Waals surface area contributed by atoms with E-state index >= 15 is 0 Å². The first-order chi connectivity index (χ1) is 11.5. The molecule has 0 bridgehead atoms. The van der Waals surface area contributed by atoms with Gasteiger partial charge in [-0.2, -0.15) is 4.98 Å². The fraction of sp³-hybridized carbons (Fsp3) is 0.316. The van der Waals surface area contributed by atoms with Crippen LogP contribution >= 0.6 is 0 Å². The van der Waals surface area contributed by atoms with Crippen molar-refractivity contribution < 1.29 is 14.4 Å². The van der Waals surface area contributed by atoms with E-state index in [1.807, 2.05) is 6.08 Å². The highest BCUT2D eigenvalue weighted by Crippen LogP contribution is 2.28. The monoisotopic (exact) mass is 324 g/mol. The Kier molecular flexibility index (Phi) is 4.60. The van der Waals surface area contributed by atoms with Gasteiger partial charge in [0.25, 0.3) is 5.89 Å². The fourth-order valence-electron chi connectivity index (χ4n) is 2.85. The summed E-state index contributed by atoms with van der Waals surface area (Å²) in [5.74, 6) is 1.11. The number of carbonyl (C=O) groups is 1. The van der Waals surface area contributed by atoms with Gasteiger partial charge in [-0.15, -0.1) is 0 Å². The fourth-order valence-corrected chi connectivity index (χ4v) is 2.85. The molecule has 0 saturated carbocycles. The summed E-state index contributed by atoms with van der Waals surface area (Å²) in [5, 5.41) is 13.0. The molecule has 0 radical (unpaired) electrons. The summed E-state index contributed by atoms with van der Waals surface area (Å²) in [5.41, 5.74) is 1.75. The first-order valence-corrected chi connectivity index (χ1v) is 8.09. The van der Waals surface area contributed by atoms with E-state index in [1.165, 1.54) is 6.07 Å². The van der Waals surface area contributed by atoms with Gasteiger partial charge in [0.15, 0.2) is 0 Å². The van der Waals surface area contributed by atoms with E-state index in [2.05, 4.69) is 36.1 Å². The van der Waals surface area contributed by atoms with Crippen molar-refractivity contribution in [2.45, 2.75) is 26.7 Å². The Hall–Kier alpha value is -2.69. The molecular weight excluding hydrogens is 304 g/mol. The largest absolute Gasteiger partial charge is 0.478 e. The topological polar surface area (TPSA) is 76.2 Å². The maximum atomic E-state index is 11.1. The Morgan fingerprint density at radius 3 is 2.92 bits per heavy atom. The maximum absolute atomic E-state index is 11.1. The predicted octanol–water partition coefficient (Wildman–Crippen LogP) is 4.44. The standard InChI is InChI=1S/C19H20N2O3/c1-12(2)10-13-6-8-14(9-7-13)18-20-17(21-24-18)15-4-3-5-16(11-15)19(22)23/h3-6,8-9,11-13H,7,10H2,1-2H3,(H,22,23). The van der Waals surface area contributed by atoms with Gasteiger partial charge in [0.1, 0.15) is 0 Å². The van der Waals surface area contributed by atoms with Gasteiger partial charge in [0.2, 0.25) is 5.82 Å². The number of aromatic nitrogens is 2. The van der Waals surface area contributed by atoms with E-state index in [4.69, 9.17) is 9.63 Å². The van der Waals surface area contributed by atoms with Gasteiger partial charge in [-0.3, -0.25) is 0 Å². The second kappa shape index (κ2) is 6.83. The third-order valence-electron chi connectivity index (χ3n) is 4.00. The number of nitrogens with zero attached hydrogens (tertiary/aromatic N) is 2. The molecule has 1 atom stereocenters. The average molecular weight is 324 g/mol. The van der Waals surface area contributed by atoms with E-state index in [0.717, 1.165) is 18.4 Å². The van der Waals surface area contributed by atoms with Crippen molar-refractivity contribution in [3.05, 3.63) is 53.9 Å². The lowest BCUT2D eigenvalue weighted by atomic mass is 9.89. The van der Waals surface area contributed by atoms with Crippen LogP contribution in [0.2, 0.25) is 0 Å². The molecule has 5 heteroatoms. The quantitative estimate of drug-likeness (QED) is 0.880. The SMILES string of the molecule is CC(C)CC1C=CC(c2nc(-c3cccc(C(=O)O)c3)no2)=CC1. The number of carboxylic acids is 1. The zero-order valence-electron chi connectivity index (χ0n) is 13.8. The zero-order valence-corrected chi connectivity index (χ0v) is 13.8. The van der Waals surface area contributed by atoms with Crippen LogP contribution in [0.3, 0.4) is 0 Å². The van der Waals surface area contributed by atoms with Gasteiger partial charge in [0.05, 0.1) is 5.56 Å². The molecule has 24 heavy (non-hydrogen) atoms. The Morgan fingerprint density at radius 2 is 2.25 bits per heavy atom. The van der Waals surface area contributed by atoms with Crippen molar-refractivity contribution in [1.82, 2.24) is 10.1 Å². The van der Waals surface area contributed by atoms with E-state index < -0.39 is 5.97 Å². The van der Waals surface area contributed by atoms with Crippen LogP contribution in [-0.2, 0) is 0 Å². The van der Waals surface area contributed by atoms with Crippen molar-refractivity contribution >= 4 is 11.5 Å². The van der Waals surface area contributed by atoms with Crippen LogP contribution in [0, 0.1) is 11.8 Å². The van der Waals surface area contributed by atoms with Crippen LogP contribution < -0.4 is 0 Å². The summed E-state index contributed by atoms with van der Waals surface area (Å²) in [6.07, 6.45) is 8.48. The molecule has 1 N–H and O–H groups in total. The number of hydrogen-bond donors (Lipinski definition) is 1. The van der Waals surface area contributed by atoms with E-state index in [-0.39, 0.29) is 5.56 Å². The minimum absolute atomic E-state index is 0.201. The molecule has 3 rings (SSSR count). The van der Waals surface area contributed by atoms with Crippen LogP contribution in [0.1, 0.15) is 42.9 Å². The number of benzene rings is 1. The smallest absolute Gasteiger partial charge is 0.335 e. The summed E-state index contributed by atoms with van der Waals surface area (Å²) in [6, 6.07) is 6.52. The minimum atomic E-state index is -0.977. The van der Waals surface area contributed by atoms with Gasteiger partial charge in [-0.1, -0.05) is 49.4 Å². The summed E-state index contributed by atoms with van der Waals surface area (Å²) in [4.78, 5) is 15.5. The molecule has 0 fully saturated rings. The summed E-state index contributed by atoms with van der Waals surface area (Å²) in [7, 11) is 0. The van der Waals surface area contributed by atoms with Crippen LogP contribution in [-0.4, -0.2) is 21.2 Å². The number of hydrogen-bond acceptors (Lipinski definition) is 4. The van der Waals surface area contributed by atoms with Crippen molar-refractivity contribution in [3.63, 3.8) is 0 Å². The van der Waals surface area contributed by atoms with Gasteiger partial charge in [-0.05, 0) is 36.8 Å². The number of rotatable bonds is 5. The lowest BCUT2D eigenvalue weighted by Crippen LogP contribution is -2.03. The molecule has 2 aromatic rings. The highest BCUT2D eigenvalue weighted by molar-refractivity contribution is 5.89. The third-order valence-corrected chi connectivity index (χ3v) is 4.00. The average Bonchev–Trinajstić information content (AvgIpc) is 3.05. The predicted molar refractivity (Wildman–Crippen MR) is 91.4 cm³/mol. The van der Waals surface area contributed by atoms with Crippen molar-refractivity contribution in [3.8, 4) is 11.4 Å². The Labute approximate surface area is 140 Å². The lowest BCUT2D eigenvalue weighted by Gasteiger charge is -2.16. The highest BCUT2D eigenvalue weighted by Gasteiger charge is 2.16. The number of aromatic carboxylic acids is 1. The number of carboxylic acid groups (broad SMARTS) is 1. The summed E-state index contributed by atoms with van der Waals surface area (Å²) >= 11 is 0. The molecule has 0 spiro atoms. The van der Waals surface area contributed by atoms with Gasteiger partial charge < -0.3 is 9.63 Å².